The number of hydrogen-bond donors (Lipinski definition) is 1. The van der Waals surface area contributed by atoms with Gasteiger partial charge in [0.25, 0.3) is 0 Å². The minimum atomic E-state index is -0.465. The second-order valence-electron chi connectivity index (χ2n) is 9.54. The summed E-state index contributed by atoms with van der Waals surface area (Å²) >= 11 is 3.53. The van der Waals surface area contributed by atoms with Crippen LogP contribution in [0.2, 0.25) is 0 Å². The minimum absolute atomic E-state index is 0.0950. The van der Waals surface area contributed by atoms with Crippen molar-refractivity contribution in [3.63, 3.8) is 0 Å². The fourth-order valence-corrected chi connectivity index (χ4v) is 4.43. The Labute approximate surface area is 176 Å². The van der Waals surface area contributed by atoms with Crippen molar-refractivity contribution in [1.82, 2.24) is 14.7 Å². The molecule has 0 saturated heterocycles. The second-order valence-corrected chi connectivity index (χ2v) is 10.5. The average Bonchev–Trinajstić information content (AvgIpc) is 3.03. The van der Waals surface area contributed by atoms with Gasteiger partial charge in [0.05, 0.1) is 5.69 Å². The van der Waals surface area contributed by atoms with Gasteiger partial charge in [-0.05, 0) is 70.4 Å². The van der Waals surface area contributed by atoms with Gasteiger partial charge in [0.1, 0.15) is 11.2 Å². The molecule has 0 bridgehead atoms. The number of rotatable bonds is 4. The van der Waals surface area contributed by atoms with E-state index in [1.807, 2.05) is 26.8 Å². The van der Waals surface area contributed by atoms with Crippen LogP contribution in [0, 0.1) is 5.41 Å². The molecule has 0 aliphatic heterocycles. The van der Waals surface area contributed by atoms with E-state index in [-0.39, 0.29) is 16.9 Å². The fourth-order valence-electron chi connectivity index (χ4n) is 4.11. The molecule has 154 valence electrons. The molecular weight excluding hydrogens is 418 g/mol. The summed E-state index contributed by atoms with van der Waals surface area (Å²) < 4.78 is 8.54. The van der Waals surface area contributed by atoms with E-state index in [1.54, 1.807) is 0 Å². The van der Waals surface area contributed by atoms with Gasteiger partial charge >= 0.3 is 6.09 Å². The van der Waals surface area contributed by atoms with Crippen LogP contribution in [-0.4, -0.2) is 27.6 Å². The van der Waals surface area contributed by atoms with Crippen LogP contribution in [0.1, 0.15) is 72.4 Å². The number of nitrogens with zero attached hydrogens (tertiary/aromatic N) is 2. The lowest BCUT2D eigenvalue weighted by Gasteiger charge is -2.44. The molecule has 6 heteroatoms. The molecule has 3 rings (SSSR count). The number of halogens is 1. The van der Waals surface area contributed by atoms with E-state index in [2.05, 4.69) is 58.0 Å². The minimum Gasteiger partial charge on any atom is -0.444 e. The first-order valence-electron chi connectivity index (χ1n) is 10.2. The Morgan fingerprint density at radius 2 is 2.00 bits per heavy atom. The number of aromatic nitrogens is 2. The highest BCUT2D eigenvalue weighted by Crippen LogP contribution is 2.48. The van der Waals surface area contributed by atoms with E-state index in [4.69, 9.17) is 9.72 Å². The number of pyridine rings is 1. The van der Waals surface area contributed by atoms with Crippen molar-refractivity contribution in [3.8, 4) is 0 Å². The van der Waals surface area contributed by atoms with E-state index in [9.17, 15) is 4.79 Å². The van der Waals surface area contributed by atoms with Crippen molar-refractivity contribution >= 4 is 27.7 Å². The summed E-state index contributed by atoms with van der Waals surface area (Å²) in [7, 11) is 0. The molecule has 0 spiro atoms. The second kappa shape index (κ2) is 7.69. The van der Waals surface area contributed by atoms with Gasteiger partial charge in [0.15, 0.2) is 0 Å². The number of fused-ring (bicyclic) bond motifs is 1. The van der Waals surface area contributed by atoms with Crippen molar-refractivity contribution in [3.05, 3.63) is 34.7 Å². The Bertz CT molecular complexity index is 845. The van der Waals surface area contributed by atoms with E-state index in [1.165, 1.54) is 5.69 Å². The van der Waals surface area contributed by atoms with E-state index in [0.29, 0.717) is 6.54 Å². The lowest BCUT2D eigenvalue weighted by atomic mass is 9.62. The number of hydrogen-bond acceptors (Lipinski definition) is 3. The van der Waals surface area contributed by atoms with Crippen molar-refractivity contribution in [2.75, 3.05) is 6.54 Å². The van der Waals surface area contributed by atoms with Crippen LogP contribution >= 0.6 is 15.9 Å². The highest BCUT2D eigenvalue weighted by atomic mass is 79.9. The molecule has 0 unspecified atom stereocenters. The fraction of sp³-hybridized carbons (Fsp3) is 0.636. The van der Waals surface area contributed by atoms with Crippen molar-refractivity contribution in [2.45, 2.75) is 77.7 Å². The molecule has 2 aromatic rings. The first kappa shape index (κ1) is 21.2. The van der Waals surface area contributed by atoms with Crippen LogP contribution in [-0.2, 0) is 10.2 Å². The van der Waals surface area contributed by atoms with Gasteiger partial charge in [-0.3, -0.25) is 0 Å². The summed E-state index contributed by atoms with van der Waals surface area (Å²) in [6, 6.07) is 4.10. The third kappa shape index (κ3) is 4.70. The lowest BCUT2D eigenvalue weighted by Crippen LogP contribution is -2.43. The monoisotopic (exact) mass is 449 g/mol. The number of imidazole rings is 1. The summed E-state index contributed by atoms with van der Waals surface area (Å²) in [4.78, 5) is 17.0. The number of ether oxygens (including phenoxy) is 1. The molecule has 1 fully saturated rings. The van der Waals surface area contributed by atoms with Crippen molar-refractivity contribution < 1.29 is 9.53 Å². The molecule has 1 N–H and O–H groups in total. The van der Waals surface area contributed by atoms with Crippen LogP contribution in [0.25, 0.3) is 5.65 Å². The number of carbonyl (C=O) groups is 1. The molecule has 0 atom stereocenters. The average molecular weight is 450 g/mol. The van der Waals surface area contributed by atoms with Gasteiger partial charge in [0.2, 0.25) is 0 Å². The van der Waals surface area contributed by atoms with Gasteiger partial charge in [-0.1, -0.05) is 29.8 Å². The van der Waals surface area contributed by atoms with E-state index < -0.39 is 5.60 Å². The normalized spacial score (nSPS) is 25.6. The first-order chi connectivity index (χ1) is 13.0. The summed E-state index contributed by atoms with van der Waals surface area (Å²) in [5, 5.41) is 2.98. The molecule has 28 heavy (non-hydrogen) atoms. The van der Waals surface area contributed by atoms with Gasteiger partial charge in [-0.2, -0.15) is 0 Å². The van der Waals surface area contributed by atoms with Crippen LogP contribution in [0.4, 0.5) is 4.79 Å². The van der Waals surface area contributed by atoms with Gasteiger partial charge in [-0.25, -0.2) is 9.78 Å². The summed E-state index contributed by atoms with van der Waals surface area (Å²) in [5.74, 6) is 0. The first-order valence-corrected chi connectivity index (χ1v) is 11.0. The van der Waals surface area contributed by atoms with E-state index >= 15 is 0 Å². The highest BCUT2D eigenvalue weighted by Gasteiger charge is 2.42. The Morgan fingerprint density at radius 3 is 2.61 bits per heavy atom. The molecule has 1 amide bonds. The lowest BCUT2D eigenvalue weighted by molar-refractivity contribution is 0.0474. The molecule has 5 nitrogen and oxygen atoms in total. The third-order valence-electron chi connectivity index (χ3n) is 6.11. The largest absolute Gasteiger partial charge is 0.444 e. The van der Waals surface area contributed by atoms with Crippen LogP contribution in [0.3, 0.4) is 0 Å². The number of amides is 1. The Kier molecular flexibility index (Phi) is 5.81. The van der Waals surface area contributed by atoms with Crippen LogP contribution in [0.15, 0.2) is 29.0 Å². The maximum atomic E-state index is 12.0. The van der Waals surface area contributed by atoms with Crippen molar-refractivity contribution in [2.24, 2.45) is 5.41 Å². The predicted molar refractivity (Wildman–Crippen MR) is 116 cm³/mol. The standard InChI is InChI=1S/C22H32BrN3O2/c1-6-22(17-14-26-12-7-16(23)13-18(26)25-17)10-8-21(5,9-11-22)15-24-19(27)28-20(2,3)4/h7,12-14H,6,8-11,15H2,1-5H3,(H,24,27). The molecule has 0 aromatic carbocycles. The van der Waals surface area contributed by atoms with Crippen LogP contribution in [0.5, 0.6) is 0 Å². The summed E-state index contributed by atoms with van der Waals surface area (Å²) in [6.07, 6.45) is 9.29. The quantitative estimate of drug-likeness (QED) is 0.636. The number of alkyl carbamates (subject to hydrolysis) is 1. The highest BCUT2D eigenvalue weighted by molar-refractivity contribution is 9.10. The number of carbonyl (C=O) groups excluding carboxylic acids is 1. The molecule has 2 aromatic heterocycles. The zero-order chi connectivity index (χ0) is 20.6. The maximum absolute atomic E-state index is 12.0. The van der Waals surface area contributed by atoms with E-state index in [0.717, 1.165) is 42.2 Å². The molecule has 2 heterocycles. The Morgan fingerprint density at radius 1 is 1.32 bits per heavy atom. The maximum Gasteiger partial charge on any atom is 0.407 e. The smallest absolute Gasteiger partial charge is 0.407 e. The number of nitrogens with one attached hydrogen (secondary N) is 1. The van der Waals surface area contributed by atoms with Gasteiger partial charge < -0.3 is 14.5 Å². The van der Waals surface area contributed by atoms with Gasteiger partial charge in [0, 0.05) is 28.8 Å². The SMILES string of the molecule is CCC1(c2cn3ccc(Br)cc3n2)CCC(C)(CNC(=O)OC(C)(C)C)CC1. The molecule has 1 aliphatic carbocycles. The molecule has 1 saturated carbocycles. The van der Waals surface area contributed by atoms with Crippen molar-refractivity contribution in [1.29, 1.82) is 0 Å². The predicted octanol–water partition coefficient (Wildman–Crippen LogP) is 5.85. The molecular formula is C22H32BrN3O2. The summed E-state index contributed by atoms with van der Waals surface area (Å²) in [5.41, 5.74) is 1.92. The van der Waals surface area contributed by atoms with Crippen LogP contribution < -0.4 is 5.32 Å². The molecule has 1 aliphatic rings. The van der Waals surface area contributed by atoms with Gasteiger partial charge in [-0.15, -0.1) is 0 Å². The zero-order valence-corrected chi connectivity index (χ0v) is 19.2. The topological polar surface area (TPSA) is 55.6 Å². The third-order valence-corrected chi connectivity index (χ3v) is 6.61. The summed E-state index contributed by atoms with van der Waals surface area (Å²) in [6.45, 7) is 10.8. The zero-order valence-electron chi connectivity index (χ0n) is 17.6. The molecule has 0 radical (unpaired) electrons. The Hall–Kier alpha value is -1.56. The Balaban J connectivity index is 1.68.